The fourth-order valence-electron chi connectivity index (χ4n) is 2.32. The Morgan fingerprint density at radius 1 is 1.42 bits per heavy atom. The molecule has 0 bridgehead atoms. The molecule has 1 aromatic rings. The van der Waals surface area contributed by atoms with Gasteiger partial charge in [0.05, 0.1) is 0 Å². The Labute approximate surface area is 114 Å². The first-order chi connectivity index (χ1) is 9.19. The van der Waals surface area contributed by atoms with Gasteiger partial charge < -0.3 is 16.2 Å². The maximum absolute atomic E-state index is 9.74. The van der Waals surface area contributed by atoms with Crippen molar-refractivity contribution in [1.82, 2.24) is 5.32 Å². The third-order valence-electron chi connectivity index (χ3n) is 3.43. The number of nitrogens with one attached hydrogen (secondary N) is 1. The molecule has 0 aromatic heterocycles. The minimum atomic E-state index is 0.283. The minimum absolute atomic E-state index is 0.283. The fraction of sp³-hybridized carbons (Fsp3) is 0.375. The fourth-order valence-corrected chi connectivity index (χ4v) is 2.32. The summed E-state index contributed by atoms with van der Waals surface area (Å²) in [4.78, 5) is 0. The molecule has 0 heterocycles. The molecule has 2 rings (SSSR count). The molecular formula is C16H22N2O. The Morgan fingerprint density at radius 3 is 2.95 bits per heavy atom. The second-order valence-corrected chi connectivity index (χ2v) is 5.04. The predicted octanol–water partition coefficient (Wildman–Crippen LogP) is 3.32. The van der Waals surface area contributed by atoms with Crippen molar-refractivity contribution in [1.29, 1.82) is 0 Å². The molecule has 1 atom stereocenters. The van der Waals surface area contributed by atoms with E-state index in [1.165, 1.54) is 12.8 Å². The molecular weight excluding hydrogens is 236 g/mol. The van der Waals surface area contributed by atoms with Gasteiger partial charge in [-0.15, -0.1) is 0 Å². The number of hydrogen-bond acceptors (Lipinski definition) is 3. The van der Waals surface area contributed by atoms with Gasteiger partial charge in [0.1, 0.15) is 5.75 Å². The van der Waals surface area contributed by atoms with Crippen LogP contribution in [0.15, 0.2) is 42.1 Å². The zero-order valence-corrected chi connectivity index (χ0v) is 11.4. The molecule has 0 radical (unpaired) electrons. The van der Waals surface area contributed by atoms with E-state index in [-0.39, 0.29) is 5.75 Å². The van der Waals surface area contributed by atoms with Gasteiger partial charge in [-0.2, -0.15) is 0 Å². The lowest BCUT2D eigenvalue weighted by Gasteiger charge is -2.17. The molecule has 0 spiro atoms. The number of anilines is 1. The smallest absolute Gasteiger partial charge is 0.120 e. The van der Waals surface area contributed by atoms with Crippen molar-refractivity contribution in [3.05, 3.63) is 47.7 Å². The summed E-state index contributed by atoms with van der Waals surface area (Å²) in [5.41, 5.74) is 8.34. The molecule has 1 unspecified atom stereocenters. The molecule has 1 aromatic carbocycles. The quantitative estimate of drug-likeness (QED) is 0.561. The predicted molar refractivity (Wildman–Crippen MR) is 79.6 cm³/mol. The van der Waals surface area contributed by atoms with Gasteiger partial charge in [-0.1, -0.05) is 25.5 Å². The second kappa shape index (κ2) is 6.32. The van der Waals surface area contributed by atoms with E-state index in [1.807, 2.05) is 0 Å². The molecule has 0 aliphatic heterocycles. The molecule has 1 aliphatic carbocycles. The van der Waals surface area contributed by atoms with E-state index in [2.05, 4.69) is 30.5 Å². The summed E-state index contributed by atoms with van der Waals surface area (Å²) >= 11 is 0. The topological polar surface area (TPSA) is 58.3 Å². The maximum Gasteiger partial charge on any atom is 0.120 e. The molecule has 19 heavy (non-hydrogen) atoms. The number of hydrogen-bond donors (Lipinski definition) is 3. The zero-order chi connectivity index (χ0) is 13.7. The summed E-state index contributed by atoms with van der Waals surface area (Å²) in [6, 6.07) is 5.14. The number of aromatic hydroxyl groups is 1. The lowest BCUT2D eigenvalue weighted by molar-refractivity contribution is 0.466. The number of phenolic OH excluding ortho intramolecular Hbond substituents is 1. The zero-order valence-electron chi connectivity index (χ0n) is 11.4. The first-order valence-electron chi connectivity index (χ1n) is 6.88. The minimum Gasteiger partial charge on any atom is -0.508 e. The number of nitrogens with two attached hydrogens (primary N) is 1. The molecule has 3 heteroatoms. The number of rotatable bonds is 5. The molecule has 1 aliphatic rings. The number of phenols is 1. The van der Waals surface area contributed by atoms with Crippen LogP contribution in [0.2, 0.25) is 0 Å². The highest BCUT2D eigenvalue weighted by Gasteiger charge is 2.08. The van der Waals surface area contributed by atoms with Crippen molar-refractivity contribution in [2.75, 3.05) is 5.73 Å². The molecule has 102 valence electrons. The standard InChI is InChI=1S/C16H22N2O/c1-2-3-12-4-7-15(8-5-12)18-11-13-10-14(17)6-9-16(13)19/h4,6-10,12,18-19H,2-3,5,11,17H2,1H3. The summed E-state index contributed by atoms with van der Waals surface area (Å²) in [6.07, 6.45) is 10.2. The van der Waals surface area contributed by atoms with Crippen LogP contribution in [0, 0.1) is 5.92 Å². The van der Waals surface area contributed by atoms with Gasteiger partial charge in [0.2, 0.25) is 0 Å². The van der Waals surface area contributed by atoms with E-state index in [0.29, 0.717) is 18.2 Å². The van der Waals surface area contributed by atoms with Crippen LogP contribution in [-0.2, 0) is 6.54 Å². The van der Waals surface area contributed by atoms with Crippen molar-refractivity contribution in [3.63, 3.8) is 0 Å². The van der Waals surface area contributed by atoms with Gasteiger partial charge in [-0.25, -0.2) is 0 Å². The van der Waals surface area contributed by atoms with E-state index in [0.717, 1.165) is 17.7 Å². The average molecular weight is 258 g/mol. The third kappa shape index (κ3) is 3.78. The molecule has 3 nitrogen and oxygen atoms in total. The van der Waals surface area contributed by atoms with Gasteiger partial charge in [0.15, 0.2) is 0 Å². The lowest BCUT2D eigenvalue weighted by Crippen LogP contribution is -2.14. The van der Waals surface area contributed by atoms with Crippen molar-refractivity contribution in [3.8, 4) is 5.75 Å². The highest BCUT2D eigenvalue weighted by Crippen LogP contribution is 2.22. The van der Waals surface area contributed by atoms with Crippen LogP contribution in [0.25, 0.3) is 0 Å². The van der Waals surface area contributed by atoms with Crippen LogP contribution in [0.3, 0.4) is 0 Å². The Bertz CT molecular complexity index is 492. The summed E-state index contributed by atoms with van der Waals surface area (Å²) in [6.45, 7) is 2.80. The van der Waals surface area contributed by atoms with Gasteiger partial charge in [-0.05, 0) is 43.0 Å². The van der Waals surface area contributed by atoms with Crippen LogP contribution < -0.4 is 11.1 Å². The van der Waals surface area contributed by atoms with E-state index in [1.54, 1.807) is 18.2 Å². The van der Waals surface area contributed by atoms with Gasteiger partial charge in [0.25, 0.3) is 0 Å². The Hall–Kier alpha value is -1.90. The van der Waals surface area contributed by atoms with E-state index < -0.39 is 0 Å². The average Bonchev–Trinajstić information content (AvgIpc) is 2.42. The van der Waals surface area contributed by atoms with Crippen molar-refractivity contribution < 1.29 is 5.11 Å². The van der Waals surface area contributed by atoms with E-state index in [9.17, 15) is 5.11 Å². The van der Waals surface area contributed by atoms with Crippen molar-refractivity contribution in [2.45, 2.75) is 32.7 Å². The van der Waals surface area contributed by atoms with Crippen LogP contribution in [0.1, 0.15) is 31.7 Å². The molecule has 0 saturated heterocycles. The van der Waals surface area contributed by atoms with Crippen molar-refractivity contribution >= 4 is 5.69 Å². The first kappa shape index (κ1) is 13.5. The lowest BCUT2D eigenvalue weighted by atomic mass is 9.95. The van der Waals surface area contributed by atoms with Crippen LogP contribution >= 0.6 is 0 Å². The largest absolute Gasteiger partial charge is 0.508 e. The van der Waals surface area contributed by atoms with Gasteiger partial charge in [-0.3, -0.25) is 0 Å². The molecule has 0 saturated carbocycles. The Kier molecular flexibility index (Phi) is 4.50. The number of benzene rings is 1. The summed E-state index contributed by atoms with van der Waals surface area (Å²) in [5.74, 6) is 0.960. The summed E-state index contributed by atoms with van der Waals surface area (Å²) in [5, 5.41) is 13.1. The molecule has 4 N–H and O–H groups in total. The Morgan fingerprint density at radius 2 is 2.26 bits per heavy atom. The highest BCUT2D eigenvalue weighted by molar-refractivity contribution is 5.47. The van der Waals surface area contributed by atoms with Gasteiger partial charge >= 0.3 is 0 Å². The number of nitrogen functional groups attached to an aromatic ring is 1. The summed E-state index contributed by atoms with van der Waals surface area (Å²) in [7, 11) is 0. The van der Waals surface area contributed by atoms with E-state index in [4.69, 9.17) is 5.73 Å². The van der Waals surface area contributed by atoms with Crippen molar-refractivity contribution in [2.24, 2.45) is 5.92 Å². The SMILES string of the molecule is CCCC1C=CC(NCc2cc(N)ccc2O)=CC1. The molecule has 0 amide bonds. The monoisotopic (exact) mass is 258 g/mol. The number of allylic oxidation sites excluding steroid dienone is 3. The maximum atomic E-state index is 9.74. The van der Waals surface area contributed by atoms with Gasteiger partial charge in [0, 0.05) is 23.5 Å². The first-order valence-corrected chi connectivity index (χ1v) is 6.88. The second-order valence-electron chi connectivity index (χ2n) is 5.04. The van der Waals surface area contributed by atoms with E-state index >= 15 is 0 Å². The summed E-state index contributed by atoms with van der Waals surface area (Å²) < 4.78 is 0. The molecule has 0 fully saturated rings. The Balaban J connectivity index is 1.90. The van der Waals surface area contributed by atoms with Crippen LogP contribution in [0.5, 0.6) is 5.75 Å². The third-order valence-corrected chi connectivity index (χ3v) is 3.43. The van der Waals surface area contributed by atoms with Crippen LogP contribution in [-0.4, -0.2) is 5.11 Å². The van der Waals surface area contributed by atoms with Crippen LogP contribution in [0.4, 0.5) is 5.69 Å². The highest BCUT2D eigenvalue weighted by atomic mass is 16.3. The normalized spacial score (nSPS) is 18.2.